The van der Waals surface area contributed by atoms with Crippen LogP contribution in [0.5, 0.6) is 0 Å². The fourth-order valence-corrected chi connectivity index (χ4v) is 2.27. The van der Waals surface area contributed by atoms with Crippen LogP contribution < -0.4 is 4.90 Å². The van der Waals surface area contributed by atoms with E-state index in [1.165, 1.54) is 0 Å². The second-order valence-electron chi connectivity index (χ2n) is 4.61. The van der Waals surface area contributed by atoms with Gasteiger partial charge in [0.1, 0.15) is 11.3 Å². The molecule has 1 aliphatic heterocycles. The van der Waals surface area contributed by atoms with Gasteiger partial charge in [-0.15, -0.1) is 0 Å². The first kappa shape index (κ1) is 12.7. The van der Waals surface area contributed by atoms with Crippen LogP contribution in [0.1, 0.15) is 6.42 Å². The zero-order valence-electron chi connectivity index (χ0n) is 10.8. The molecule has 104 valence electrons. The van der Waals surface area contributed by atoms with Gasteiger partial charge in [-0.2, -0.15) is 0 Å². The monoisotopic (exact) mass is 274 g/mol. The Morgan fingerprint density at radius 3 is 3.10 bits per heavy atom. The minimum Gasteiger partial charge on any atom is -0.481 e. The zero-order chi connectivity index (χ0) is 13.9. The molecule has 20 heavy (non-hydrogen) atoms. The molecule has 1 unspecified atom stereocenters. The van der Waals surface area contributed by atoms with Gasteiger partial charge in [-0.3, -0.25) is 9.78 Å². The zero-order valence-corrected chi connectivity index (χ0v) is 10.8. The molecule has 3 rings (SSSR count). The number of carboxylic acids is 1. The quantitative estimate of drug-likeness (QED) is 0.881. The van der Waals surface area contributed by atoms with Crippen LogP contribution in [0.15, 0.2) is 24.5 Å². The average Bonchev–Trinajstić information content (AvgIpc) is 2.46. The van der Waals surface area contributed by atoms with Gasteiger partial charge in [0.2, 0.25) is 0 Å². The number of aromatic nitrogens is 3. The number of ether oxygens (including phenoxy) is 1. The molecule has 0 amide bonds. The number of hydrogen-bond donors (Lipinski definition) is 1. The maximum Gasteiger partial charge on any atom is 0.306 e. The normalized spacial score (nSPS) is 19.2. The number of pyridine rings is 1. The minimum atomic E-state index is -0.853. The molecule has 0 aliphatic carbocycles. The fraction of sp³-hybridized carbons (Fsp3) is 0.385. The number of hydrogen-bond acceptors (Lipinski definition) is 6. The molecule has 1 aliphatic rings. The molecule has 2 aromatic rings. The summed E-state index contributed by atoms with van der Waals surface area (Å²) >= 11 is 0. The van der Waals surface area contributed by atoms with Crippen molar-refractivity contribution in [3.63, 3.8) is 0 Å². The molecule has 3 heterocycles. The van der Waals surface area contributed by atoms with Crippen molar-refractivity contribution >= 4 is 23.0 Å². The fourth-order valence-electron chi connectivity index (χ4n) is 2.27. The summed E-state index contributed by atoms with van der Waals surface area (Å²) in [5, 5.41) is 8.83. The van der Waals surface area contributed by atoms with Crippen molar-refractivity contribution in [2.24, 2.45) is 0 Å². The Labute approximate surface area is 115 Å². The van der Waals surface area contributed by atoms with Gasteiger partial charge in [0.25, 0.3) is 0 Å². The molecule has 1 fully saturated rings. The standard InChI is InChI=1S/C13H14N4O3/c18-12(19)7-9-8-17(5-6-20-9)11-2-1-10-13(16-11)15-4-3-14-10/h1-4,9H,5-8H2,(H,18,19). The van der Waals surface area contributed by atoms with E-state index >= 15 is 0 Å². The Balaban J connectivity index is 1.81. The summed E-state index contributed by atoms with van der Waals surface area (Å²) in [4.78, 5) is 25.6. The first-order valence-electron chi connectivity index (χ1n) is 6.38. The van der Waals surface area contributed by atoms with Crippen LogP contribution in [0.2, 0.25) is 0 Å². The van der Waals surface area contributed by atoms with Crippen LogP contribution in [-0.2, 0) is 9.53 Å². The molecule has 1 N–H and O–H groups in total. The van der Waals surface area contributed by atoms with E-state index in [1.54, 1.807) is 12.4 Å². The largest absolute Gasteiger partial charge is 0.481 e. The summed E-state index contributed by atoms with van der Waals surface area (Å²) in [6, 6.07) is 3.74. The number of fused-ring (bicyclic) bond motifs is 1. The number of anilines is 1. The predicted octanol–water partition coefficient (Wildman–Crippen LogP) is 0.705. The number of nitrogens with zero attached hydrogens (tertiary/aromatic N) is 4. The molecule has 0 spiro atoms. The summed E-state index contributed by atoms with van der Waals surface area (Å²) in [7, 11) is 0. The number of rotatable bonds is 3. The van der Waals surface area contributed by atoms with Gasteiger partial charge >= 0.3 is 5.97 Å². The molecule has 2 aromatic heterocycles. The summed E-state index contributed by atoms with van der Waals surface area (Å²) in [5.41, 5.74) is 1.33. The average molecular weight is 274 g/mol. The Bertz CT molecular complexity index is 634. The van der Waals surface area contributed by atoms with E-state index in [2.05, 4.69) is 15.0 Å². The van der Waals surface area contributed by atoms with Gasteiger partial charge in [0, 0.05) is 25.5 Å². The van der Waals surface area contributed by atoms with Crippen LogP contribution in [0.4, 0.5) is 5.82 Å². The van der Waals surface area contributed by atoms with E-state index in [-0.39, 0.29) is 12.5 Å². The molecule has 0 aromatic carbocycles. The lowest BCUT2D eigenvalue weighted by molar-refractivity contribution is -0.140. The number of carboxylic acid groups (broad SMARTS) is 1. The predicted molar refractivity (Wildman–Crippen MR) is 71.5 cm³/mol. The van der Waals surface area contributed by atoms with Crippen molar-refractivity contribution < 1.29 is 14.6 Å². The molecule has 0 saturated carbocycles. The third-order valence-corrected chi connectivity index (χ3v) is 3.18. The smallest absolute Gasteiger partial charge is 0.306 e. The number of carbonyl (C=O) groups is 1. The molecule has 0 bridgehead atoms. The molecule has 1 saturated heterocycles. The van der Waals surface area contributed by atoms with Crippen LogP contribution in [0.3, 0.4) is 0 Å². The first-order valence-corrected chi connectivity index (χ1v) is 6.38. The summed E-state index contributed by atoms with van der Waals surface area (Å²) < 4.78 is 5.45. The Morgan fingerprint density at radius 2 is 2.25 bits per heavy atom. The van der Waals surface area contributed by atoms with Crippen LogP contribution in [0, 0.1) is 0 Å². The lowest BCUT2D eigenvalue weighted by atomic mass is 10.2. The van der Waals surface area contributed by atoms with Crippen LogP contribution >= 0.6 is 0 Å². The van der Waals surface area contributed by atoms with E-state index in [4.69, 9.17) is 9.84 Å². The highest BCUT2D eigenvalue weighted by atomic mass is 16.5. The summed E-state index contributed by atoms with van der Waals surface area (Å²) in [6.07, 6.45) is 2.93. The van der Waals surface area contributed by atoms with Crippen molar-refractivity contribution in [1.29, 1.82) is 0 Å². The maximum atomic E-state index is 10.8. The van der Waals surface area contributed by atoms with Gasteiger partial charge in [0.15, 0.2) is 5.65 Å². The van der Waals surface area contributed by atoms with E-state index in [9.17, 15) is 4.79 Å². The molecular weight excluding hydrogens is 260 g/mol. The highest BCUT2D eigenvalue weighted by Gasteiger charge is 2.23. The highest BCUT2D eigenvalue weighted by molar-refractivity contribution is 5.71. The number of morpholine rings is 1. The second-order valence-corrected chi connectivity index (χ2v) is 4.61. The molecular formula is C13H14N4O3. The second kappa shape index (κ2) is 5.38. The summed E-state index contributed by atoms with van der Waals surface area (Å²) in [6.45, 7) is 1.71. The van der Waals surface area contributed by atoms with Crippen molar-refractivity contribution in [3.05, 3.63) is 24.5 Å². The molecule has 0 radical (unpaired) electrons. The SMILES string of the molecule is O=C(O)CC1CN(c2ccc3nccnc3n2)CCO1. The van der Waals surface area contributed by atoms with E-state index in [1.807, 2.05) is 17.0 Å². The van der Waals surface area contributed by atoms with E-state index in [0.29, 0.717) is 25.3 Å². The third-order valence-electron chi connectivity index (χ3n) is 3.18. The third kappa shape index (κ3) is 2.67. The Hall–Kier alpha value is -2.28. The van der Waals surface area contributed by atoms with E-state index in [0.717, 1.165) is 11.3 Å². The van der Waals surface area contributed by atoms with Gasteiger partial charge in [-0.05, 0) is 12.1 Å². The van der Waals surface area contributed by atoms with Crippen LogP contribution in [-0.4, -0.2) is 51.8 Å². The minimum absolute atomic E-state index is 0.00386. The molecule has 7 nitrogen and oxygen atoms in total. The van der Waals surface area contributed by atoms with Crippen molar-refractivity contribution in [2.45, 2.75) is 12.5 Å². The van der Waals surface area contributed by atoms with Gasteiger partial charge in [0.05, 0.1) is 19.1 Å². The highest BCUT2D eigenvalue weighted by Crippen LogP contribution is 2.18. The number of aliphatic carboxylic acids is 1. The lowest BCUT2D eigenvalue weighted by Crippen LogP contribution is -2.43. The molecule has 1 atom stereocenters. The first-order chi connectivity index (χ1) is 9.72. The Morgan fingerprint density at radius 1 is 1.40 bits per heavy atom. The molecule has 7 heteroatoms. The Kier molecular flexibility index (Phi) is 3.42. The van der Waals surface area contributed by atoms with Crippen molar-refractivity contribution in [2.75, 3.05) is 24.6 Å². The van der Waals surface area contributed by atoms with Crippen LogP contribution in [0.25, 0.3) is 11.2 Å². The van der Waals surface area contributed by atoms with Gasteiger partial charge in [-0.1, -0.05) is 0 Å². The van der Waals surface area contributed by atoms with Crippen molar-refractivity contribution in [1.82, 2.24) is 15.0 Å². The van der Waals surface area contributed by atoms with Gasteiger partial charge < -0.3 is 14.7 Å². The maximum absolute atomic E-state index is 10.8. The summed E-state index contributed by atoms with van der Waals surface area (Å²) in [5.74, 6) is -0.0779. The van der Waals surface area contributed by atoms with E-state index < -0.39 is 5.97 Å². The van der Waals surface area contributed by atoms with Gasteiger partial charge in [-0.25, -0.2) is 9.97 Å². The van der Waals surface area contributed by atoms with Crippen molar-refractivity contribution in [3.8, 4) is 0 Å². The topological polar surface area (TPSA) is 88.4 Å². The lowest BCUT2D eigenvalue weighted by Gasteiger charge is -2.33.